The number of rotatable bonds is 2. The van der Waals surface area contributed by atoms with Crippen LogP contribution in [0.4, 0.5) is 0 Å². The lowest BCUT2D eigenvalue weighted by atomic mass is 10.2. The monoisotopic (exact) mass is 228 g/mol. The predicted octanol–water partition coefficient (Wildman–Crippen LogP) is 2.50. The SMILES string of the molecule is COc1cc2cc3cnccn3c2cc1OC. The number of aromatic nitrogens is 2. The summed E-state index contributed by atoms with van der Waals surface area (Å²) in [6, 6.07) is 6.02. The molecule has 3 rings (SSSR count). The molecule has 4 nitrogen and oxygen atoms in total. The van der Waals surface area contributed by atoms with Crippen molar-refractivity contribution in [3.63, 3.8) is 0 Å². The van der Waals surface area contributed by atoms with Crippen molar-refractivity contribution in [2.45, 2.75) is 0 Å². The number of nitrogens with zero attached hydrogens (tertiary/aromatic N) is 2. The summed E-state index contributed by atoms with van der Waals surface area (Å²) in [5.41, 5.74) is 2.14. The van der Waals surface area contributed by atoms with E-state index in [1.54, 1.807) is 20.4 Å². The molecule has 17 heavy (non-hydrogen) atoms. The fraction of sp³-hybridized carbons (Fsp3) is 0.154. The summed E-state index contributed by atoms with van der Waals surface area (Å²) in [4.78, 5) is 4.11. The van der Waals surface area contributed by atoms with Gasteiger partial charge in [-0.3, -0.25) is 4.98 Å². The number of benzene rings is 1. The number of methoxy groups -OCH3 is 2. The van der Waals surface area contributed by atoms with E-state index >= 15 is 0 Å². The molecular formula is C13H12N2O2. The number of hydrogen-bond acceptors (Lipinski definition) is 3. The Morgan fingerprint density at radius 2 is 1.82 bits per heavy atom. The van der Waals surface area contributed by atoms with Gasteiger partial charge in [0.05, 0.1) is 31.4 Å². The number of ether oxygens (including phenoxy) is 2. The first-order valence-corrected chi connectivity index (χ1v) is 5.30. The largest absolute Gasteiger partial charge is 0.493 e. The first-order valence-electron chi connectivity index (χ1n) is 5.30. The molecule has 0 aliphatic rings. The van der Waals surface area contributed by atoms with Crippen molar-refractivity contribution in [2.75, 3.05) is 14.2 Å². The molecule has 1 aromatic carbocycles. The Morgan fingerprint density at radius 3 is 2.59 bits per heavy atom. The van der Waals surface area contributed by atoms with E-state index in [1.807, 2.05) is 24.5 Å². The normalized spacial score (nSPS) is 10.9. The molecule has 0 unspecified atom stereocenters. The molecule has 0 aliphatic carbocycles. The third-order valence-electron chi connectivity index (χ3n) is 2.88. The molecule has 0 N–H and O–H groups in total. The van der Waals surface area contributed by atoms with Gasteiger partial charge in [0.1, 0.15) is 0 Å². The summed E-state index contributed by atoms with van der Waals surface area (Å²) in [6.45, 7) is 0. The van der Waals surface area contributed by atoms with Crippen LogP contribution in [0.2, 0.25) is 0 Å². The molecule has 0 saturated heterocycles. The van der Waals surface area contributed by atoms with Crippen molar-refractivity contribution in [3.8, 4) is 11.5 Å². The highest BCUT2D eigenvalue weighted by Crippen LogP contribution is 2.33. The zero-order valence-electron chi connectivity index (χ0n) is 9.68. The van der Waals surface area contributed by atoms with Gasteiger partial charge in [-0.05, 0) is 12.1 Å². The van der Waals surface area contributed by atoms with Crippen molar-refractivity contribution < 1.29 is 9.47 Å². The molecule has 0 aliphatic heterocycles. The lowest BCUT2D eigenvalue weighted by molar-refractivity contribution is 0.356. The topological polar surface area (TPSA) is 35.8 Å². The first kappa shape index (κ1) is 9.96. The van der Waals surface area contributed by atoms with Gasteiger partial charge in [-0.15, -0.1) is 0 Å². The van der Waals surface area contributed by atoms with Gasteiger partial charge in [0.15, 0.2) is 11.5 Å². The average molecular weight is 228 g/mol. The molecule has 0 amide bonds. The van der Waals surface area contributed by atoms with Gasteiger partial charge >= 0.3 is 0 Å². The van der Waals surface area contributed by atoms with Crippen LogP contribution < -0.4 is 9.47 Å². The molecule has 2 heterocycles. The standard InChI is InChI=1S/C13H12N2O2/c1-16-12-6-9-5-10-8-14-3-4-15(10)11(9)7-13(12)17-2/h3-8H,1-2H3. The second-order valence-corrected chi connectivity index (χ2v) is 3.78. The zero-order valence-corrected chi connectivity index (χ0v) is 9.68. The predicted molar refractivity (Wildman–Crippen MR) is 65.8 cm³/mol. The van der Waals surface area contributed by atoms with Gasteiger partial charge in [-0.1, -0.05) is 0 Å². The van der Waals surface area contributed by atoms with Crippen LogP contribution >= 0.6 is 0 Å². The third-order valence-corrected chi connectivity index (χ3v) is 2.88. The van der Waals surface area contributed by atoms with E-state index in [1.165, 1.54) is 0 Å². The van der Waals surface area contributed by atoms with Crippen LogP contribution in [-0.2, 0) is 0 Å². The molecule has 0 atom stereocenters. The Kier molecular flexibility index (Phi) is 2.14. The minimum atomic E-state index is 0.733. The Morgan fingerprint density at radius 1 is 1.06 bits per heavy atom. The molecule has 0 spiro atoms. The Bertz CT molecular complexity index is 688. The minimum absolute atomic E-state index is 0.733. The smallest absolute Gasteiger partial charge is 0.162 e. The first-order chi connectivity index (χ1) is 8.33. The van der Waals surface area contributed by atoms with E-state index in [-0.39, 0.29) is 0 Å². The average Bonchev–Trinajstić information content (AvgIpc) is 2.74. The van der Waals surface area contributed by atoms with E-state index in [2.05, 4.69) is 15.5 Å². The molecular weight excluding hydrogens is 216 g/mol. The van der Waals surface area contributed by atoms with Crippen molar-refractivity contribution >= 4 is 16.4 Å². The molecule has 4 heteroatoms. The second-order valence-electron chi connectivity index (χ2n) is 3.78. The molecule has 3 aromatic rings. The quantitative estimate of drug-likeness (QED) is 0.676. The van der Waals surface area contributed by atoms with Crippen LogP contribution in [0.5, 0.6) is 11.5 Å². The van der Waals surface area contributed by atoms with Crippen LogP contribution in [0.3, 0.4) is 0 Å². The van der Waals surface area contributed by atoms with Gasteiger partial charge in [0.25, 0.3) is 0 Å². The maximum Gasteiger partial charge on any atom is 0.162 e. The summed E-state index contributed by atoms with van der Waals surface area (Å²) in [6.07, 6.45) is 5.53. The van der Waals surface area contributed by atoms with Crippen LogP contribution in [0, 0.1) is 0 Å². The summed E-state index contributed by atoms with van der Waals surface area (Å²) in [5.74, 6) is 1.47. The van der Waals surface area contributed by atoms with Crippen molar-refractivity contribution in [2.24, 2.45) is 0 Å². The van der Waals surface area contributed by atoms with Crippen molar-refractivity contribution in [3.05, 3.63) is 36.8 Å². The number of fused-ring (bicyclic) bond motifs is 3. The second kappa shape index (κ2) is 3.66. The maximum absolute atomic E-state index is 5.31. The fourth-order valence-corrected chi connectivity index (χ4v) is 2.07. The van der Waals surface area contributed by atoms with E-state index < -0.39 is 0 Å². The zero-order chi connectivity index (χ0) is 11.8. The van der Waals surface area contributed by atoms with E-state index in [0.717, 1.165) is 27.9 Å². The van der Waals surface area contributed by atoms with Crippen LogP contribution in [0.1, 0.15) is 0 Å². The number of hydrogen-bond donors (Lipinski definition) is 0. The summed E-state index contributed by atoms with van der Waals surface area (Å²) >= 11 is 0. The summed E-state index contributed by atoms with van der Waals surface area (Å²) in [5, 5.41) is 1.11. The van der Waals surface area contributed by atoms with Crippen molar-refractivity contribution in [1.29, 1.82) is 0 Å². The highest BCUT2D eigenvalue weighted by molar-refractivity contribution is 5.89. The van der Waals surface area contributed by atoms with Gasteiger partial charge in [-0.25, -0.2) is 0 Å². The lowest BCUT2D eigenvalue weighted by Crippen LogP contribution is -1.91. The Labute approximate surface area is 98.4 Å². The molecule has 0 radical (unpaired) electrons. The van der Waals surface area contributed by atoms with Gasteiger partial charge < -0.3 is 13.9 Å². The minimum Gasteiger partial charge on any atom is -0.493 e. The van der Waals surface area contributed by atoms with Gasteiger partial charge in [0, 0.05) is 23.8 Å². The molecule has 0 bridgehead atoms. The van der Waals surface area contributed by atoms with Crippen LogP contribution in [-0.4, -0.2) is 23.6 Å². The summed E-state index contributed by atoms with van der Waals surface area (Å²) in [7, 11) is 3.28. The summed E-state index contributed by atoms with van der Waals surface area (Å²) < 4.78 is 12.7. The van der Waals surface area contributed by atoms with Gasteiger partial charge in [-0.2, -0.15) is 0 Å². The van der Waals surface area contributed by atoms with E-state index in [9.17, 15) is 0 Å². The van der Waals surface area contributed by atoms with E-state index in [0.29, 0.717) is 0 Å². The Hall–Kier alpha value is -2.23. The Balaban J connectivity index is 2.41. The molecule has 86 valence electrons. The van der Waals surface area contributed by atoms with Gasteiger partial charge in [0.2, 0.25) is 0 Å². The molecule has 0 saturated carbocycles. The van der Waals surface area contributed by atoms with Crippen LogP contribution in [0.25, 0.3) is 16.4 Å². The highest BCUT2D eigenvalue weighted by Gasteiger charge is 2.09. The fourth-order valence-electron chi connectivity index (χ4n) is 2.07. The van der Waals surface area contributed by atoms with E-state index in [4.69, 9.17) is 9.47 Å². The van der Waals surface area contributed by atoms with Crippen LogP contribution in [0.15, 0.2) is 36.8 Å². The third kappa shape index (κ3) is 1.41. The van der Waals surface area contributed by atoms with Crippen molar-refractivity contribution in [1.82, 2.24) is 9.38 Å². The molecule has 0 fully saturated rings. The lowest BCUT2D eigenvalue weighted by Gasteiger charge is -2.07. The highest BCUT2D eigenvalue weighted by atomic mass is 16.5. The molecule has 2 aromatic heterocycles. The maximum atomic E-state index is 5.31.